The zero-order valence-corrected chi connectivity index (χ0v) is 11.4. The molecule has 17 heavy (non-hydrogen) atoms. The van der Waals surface area contributed by atoms with Crippen LogP contribution in [0.4, 0.5) is 0 Å². The first-order chi connectivity index (χ1) is 8.27. The number of rotatable bonds is 5. The van der Waals surface area contributed by atoms with E-state index in [4.69, 9.17) is 5.73 Å². The molecule has 1 aliphatic carbocycles. The van der Waals surface area contributed by atoms with Crippen LogP contribution in [0.3, 0.4) is 0 Å². The number of nitrogens with two attached hydrogens (primary N) is 1. The monoisotopic (exact) mass is 253 g/mol. The smallest absolute Gasteiger partial charge is 0.0965 e. The minimum absolute atomic E-state index is 0.409. The minimum atomic E-state index is 0.409. The minimum Gasteiger partial charge on any atom is -0.327 e. The van der Waals surface area contributed by atoms with Crippen molar-refractivity contribution in [2.45, 2.75) is 44.6 Å². The summed E-state index contributed by atoms with van der Waals surface area (Å²) >= 11 is 1.74. The molecule has 1 fully saturated rings. The van der Waals surface area contributed by atoms with Gasteiger partial charge in [0, 0.05) is 30.1 Å². The summed E-state index contributed by atoms with van der Waals surface area (Å²) in [5.41, 5.74) is 6.14. The fourth-order valence-electron chi connectivity index (χ4n) is 2.54. The van der Waals surface area contributed by atoms with Crippen LogP contribution in [-0.2, 0) is 0 Å². The molecule has 3 atom stereocenters. The second kappa shape index (κ2) is 6.47. The Morgan fingerprint density at radius 3 is 3.06 bits per heavy atom. The number of hydrogen-bond acceptors (Lipinski definition) is 4. The molecule has 3 N–H and O–H groups in total. The van der Waals surface area contributed by atoms with Gasteiger partial charge in [-0.05, 0) is 25.3 Å². The molecule has 3 nitrogen and oxygen atoms in total. The highest BCUT2D eigenvalue weighted by atomic mass is 32.1. The first kappa shape index (κ1) is 13.0. The molecule has 1 aromatic heterocycles. The Balaban J connectivity index is 1.68. The molecule has 1 aliphatic rings. The van der Waals surface area contributed by atoms with E-state index in [9.17, 15) is 0 Å². The molecule has 2 rings (SSSR count). The average Bonchev–Trinajstić information content (AvgIpc) is 2.85. The van der Waals surface area contributed by atoms with Crippen LogP contribution in [0.5, 0.6) is 0 Å². The lowest BCUT2D eigenvalue weighted by Crippen LogP contribution is -2.40. The fourth-order valence-corrected chi connectivity index (χ4v) is 3.24. The van der Waals surface area contributed by atoms with Crippen LogP contribution >= 0.6 is 11.3 Å². The van der Waals surface area contributed by atoms with E-state index in [2.05, 4.69) is 17.2 Å². The molecule has 0 bridgehead atoms. The molecule has 0 aliphatic heterocycles. The third-order valence-electron chi connectivity index (χ3n) is 3.70. The summed E-state index contributed by atoms with van der Waals surface area (Å²) in [6.45, 7) is 4.31. The molecule has 1 saturated carbocycles. The van der Waals surface area contributed by atoms with E-state index < -0.39 is 0 Å². The van der Waals surface area contributed by atoms with Crippen LogP contribution in [-0.4, -0.2) is 24.1 Å². The summed E-state index contributed by atoms with van der Waals surface area (Å²) in [5.74, 6) is 1.18. The summed E-state index contributed by atoms with van der Waals surface area (Å²) in [6, 6.07) is 0.409. The number of aromatic nitrogens is 1. The highest BCUT2D eigenvalue weighted by molar-refractivity contribution is 7.09. The van der Waals surface area contributed by atoms with Crippen molar-refractivity contribution in [2.75, 3.05) is 13.1 Å². The van der Waals surface area contributed by atoms with Crippen molar-refractivity contribution < 1.29 is 0 Å². The van der Waals surface area contributed by atoms with Crippen LogP contribution in [0, 0.1) is 5.92 Å². The predicted octanol–water partition coefficient (Wildman–Crippen LogP) is 2.35. The van der Waals surface area contributed by atoms with E-state index in [1.165, 1.54) is 30.7 Å². The lowest BCUT2D eigenvalue weighted by Gasteiger charge is -2.29. The van der Waals surface area contributed by atoms with E-state index in [0.717, 1.165) is 13.1 Å². The van der Waals surface area contributed by atoms with Gasteiger partial charge in [-0.25, -0.2) is 4.98 Å². The van der Waals surface area contributed by atoms with Gasteiger partial charge in [-0.3, -0.25) is 0 Å². The van der Waals surface area contributed by atoms with Crippen LogP contribution < -0.4 is 11.1 Å². The molecule has 0 aromatic carbocycles. The number of thiazole rings is 1. The van der Waals surface area contributed by atoms with Gasteiger partial charge in [0.15, 0.2) is 0 Å². The maximum atomic E-state index is 6.14. The number of nitrogens with zero attached hydrogens (tertiary/aromatic N) is 1. The summed E-state index contributed by atoms with van der Waals surface area (Å²) in [4.78, 5) is 4.35. The first-order valence-electron chi connectivity index (χ1n) is 6.63. The molecule has 0 spiro atoms. The third kappa shape index (κ3) is 3.76. The second-order valence-corrected chi connectivity index (χ2v) is 6.06. The van der Waals surface area contributed by atoms with Gasteiger partial charge in [-0.1, -0.05) is 19.8 Å². The molecular weight excluding hydrogens is 230 g/mol. The summed E-state index contributed by atoms with van der Waals surface area (Å²) < 4.78 is 0. The molecular formula is C13H23N3S. The molecule has 3 unspecified atom stereocenters. The van der Waals surface area contributed by atoms with Crippen LogP contribution in [0.1, 0.15) is 43.5 Å². The Morgan fingerprint density at radius 1 is 1.53 bits per heavy atom. The molecule has 0 saturated heterocycles. The van der Waals surface area contributed by atoms with Crippen LogP contribution in [0.2, 0.25) is 0 Å². The standard InChI is InChI=1S/C13H23N3S/c1-10(13-16-6-7-17-13)8-15-9-11-4-2-3-5-12(11)14/h6-7,10-12,15H,2-5,8-9,14H2,1H3. The molecule has 4 heteroatoms. The predicted molar refractivity (Wildman–Crippen MR) is 73.3 cm³/mol. The Morgan fingerprint density at radius 2 is 2.35 bits per heavy atom. The Hall–Kier alpha value is -0.450. The second-order valence-electron chi connectivity index (χ2n) is 5.14. The quantitative estimate of drug-likeness (QED) is 0.847. The Bertz CT molecular complexity index is 312. The van der Waals surface area contributed by atoms with Crippen molar-refractivity contribution in [1.29, 1.82) is 0 Å². The topological polar surface area (TPSA) is 50.9 Å². The summed E-state index contributed by atoms with van der Waals surface area (Å²) in [7, 11) is 0. The molecule has 0 radical (unpaired) electrons. The van der Waals surface area contributed by atoms with Gasteiger partial charge < -0.3 is 11.1 Å². The van der Waals surface area contributed by atoms with Gasteiger partial charge in [0.05, 0.1) is 5.01 Å². The third-order valence-corrected chi connectivity index (χ3v) is 4.70. The number of hydrogen-bond donors (Lipinski definition) is 2. The normalized spacial score (nSPS) is 26.9. The van der Waals surface area contributed by atoms with Crippen molar-refractivity contribution in [3.05, 3.63) is 16.6 Å². The first-order valence-corrected chi connectivity index (χ1v) is 7.51. The maximum Gasteiger partial charge on any atom is 0.0965 e. The van der Waals surface area contributed by atoms with E-state index >= 15 is 0 Å². The molecule has 0 amide bonds. The van der Waals surface area contributed by atoms with Gasteiger partial charge in [0.1, 0.15) is 0 Å². The highest BCUT2D eigenvalue weighted by Gasteiger charge is 2.21. The lowest BCUT2D eigenvalue weighted by atomic mass is 9.85. The number of nitrogens with one attached hydrogen (secondary N) is 1. The summed E-state index contributed by atoms with van der Waals surface area (Å²) in [5, 5.41) is 6.83. The van der Waals surface area contributed by atoms with Crippen molar-refractivity contribution in [2.24, 2.45) is 11.7 Å². The average molecular weight is 253 g/mol. The fraction of sp³-hybridized carbons (Fsp3) is 0.769. The molecule has 1 aromatic rings. The van der Waals surface area contributed by atoms with E-state index in [1.807, 2.05) is 11.6 Å². The van der Waals surface area contributed by atoms with Gasteiger partial charge in [0.2, 0.25) is 0 Å². The molecule has 1 heterocycles. The highest BCUT2D eigenvalue weighted by Crippen LogP contribution is 2.22. The van der Waals surface area contributed by atoms with Gasteiger partial charge >= 0.3 is 0 Å². The maximum absolute atomic E-state index is 6.14. The lowest BCUT2D eigenvalue weighted by molar-refractivity contribution is 0.295. The largest absolute Gasteiger partial charge is 0.327 e. The van der Waals surface area contributed by atoms with Crippen molar-refractivity contribution in [3.63, 3.8) is 0 Å². The van der Waals surface area contributed by atoms with E-state index in [-0.39, 0.29) is 0 Å². The van der Waals surface area contributed by atoms with Crippen molar-refractivity contribution in [1.82, 2.24) is 10.3 Å². The summed E-state index contributed by atoms with van der Waals surface area (Å²) in [6.07, 6.45) is 7.04. The van der Waals surface area contributed by atoms with Crippen LogP contribution in [0.25, 0.3) is 0 Å². The van der Waals surface area contributed by atoms with Crippen molar-refractivity contribution in [3.8, 4) is 0 Å². The zero-order chi connectivity index (χ0) is 12.1. The zero-order valence-electron chi connectivity index (χ0n) is 10.6. The Labute approximate surface area is 108 Å². The van der Waals surface area contributed by atoms with Crippen molar-refractivity contribution >= 4 is 11.3 Å². The van der Waals surface area contributed by atoms with E-state index in [0.29, 0.717) is 17.9 Å². The Kier molecular flexibility index (Phi) is 4.95. The van der Waals surface area contributed by atoms with Gasteiger partial charge in [-0.2, -0.15) is 0 Å². The van der Waals surface area contributed by atoms with Crippen LogP contribution in [0.15, 0.2) is 11.6 Å². The van der Waals surface area contributed by atoms with E-state index in [1.54, 1.807) is 11.3 Å². The van der Waals surface area contributed by atoms with Gasteiger partial charge in [0.25, 0.3) is 0 Å². The SMILES string of the molecule is CC(CNCC1CCCCC1N)c1nccs1. The molecule has 96 valence electrons. The van der Waals surface area contributed by atoms with Gasteiger partial charge in [-0.15, -0.1) is 11.3 Å².